The van der Waals surface area contributed by atoms with Crippen molar-refractivity contribution < 1.29 is 18.7 Å². The summed E-state index contributed by atoms with van der Waals surface area (Å²) in [6, 6.07) is 27.7. The van der Waals surface area contributed by atoms with Gasteiger partial charge in [0.25, 0.3) is 0 Å². The van der Waals surface area contributed by atoms with Gasteiger partial charge in [0.2, 0.25) is 5.91 Å². The van der Waals surface area contributed by atoms with Crippen LogP contribution in [0.25, 0.3) is 0 Å². The minimum Gasteiger partial charge on any atom is -0.454 e. The maximum Gasteiger partial charge on any atom is 0.324 e. The Morgan fingerprint density at radius 1 is 0.867 bits per heavy atom. The van der Waals surface area contributed by atoms with Gasteiger partial charge in [-0.05, 0) is 52.3 Å². The normalized spacial score (nSPS) is 27.6. The maximum atomic E-state index is 16.3. The summed E-state index contributed by atoms with van der Waals surface area (Å²) in [4.78, 5) is 31.5. The Bertz CT molecular complexity index is 1790. The number of nitrogens with zero attached hydrogens (tertiary/aromatic N) is 1. The number of hydrogen-bond donors (Lipinski definition) is 1. The van der Waals surface area contributed by atoms with Gasteiger partial charge in [0, 0.05) is 22.7 Å². The molecule has 1 amide bonds. The van der Waals surface area contributed by atoms with Crippen LogP contribution in [0.15, 0.2) is 97.1 Å². The molecule has 3 aliphatic rings. The van der Waals surface area contributed by atoms with Crippen molar-refractivity contribution in [2.24, 2.45) is 5.41 Å². The molecule has 3 aliphatic heterocycles. The molecule has 3 heterocycles. The Hall–Kier alpha value is -3.71. The first kappa shape index (κ1) is 30.0. The number of ether oxygens (including phenoxy) is 1. The number of esters is 1. The molecule has 0 unspecified atom stereocenters. The first-order valence-corrected chi connectivity index (χ1v) is 15.9. The van der Waals surface area contributed by atoms with Gasteiger partial charge in [0.15, 0.2) is 0 Å². The lowest BCUT2D eigenvalue weighted by Crippen LogP contribution is -2.54. The fourth-order valence-corrected chi connectivity index (χ4v) is 8.33. The smallest absolute Gasteiger partial charge is 0.324 e. The number of anilines is 1. The van der Waals surface area contributed by atoms with Gasteiger partial charge >= 0.3 is 5.97 Å². The summed E-state index contributed by atoms with van der Waals surface area (Å²) < 4.78 is 22.7. The summed E-state index contributed by atoms with van der Waals surface area (Å²) in [5, 5.41) is 3.47. The van der Waals surface area contributed by atoms with Crippen molar-refractivity contribution in [3.05, 3.63) is 135 Å². The van der Waals surface area contributed by atoms with Gasteiger partial charge in [-0.3, -0.25) is 14.5 Å². The highest BCUT2D eigenvalue weighted by Crippen LogP contribution is 2.64. The van der Waals surface area contributed by atoms with E-state index in [-0.39, 0.29) is 21.9 Å². The summed E-state index contributed by atoms with van der Waals surface area (Å²) in [7, 11) is 0. The molecule has 2 saturated heterocycles. The van der Waals surface area contributed by atoms with Crippen molar-refractivity contribution in [2.75, 3.05) is 5.32 Å². The Labute approximate surface area is 272 Å². The van der Waals surface area contributed by atoms with Crippen molar-refractivity contribution in [2.45, 2.75) is 62.8 Å². The van der Waals surface area contributed by atoms with E-state index < -0.39 is 47.3 Å². The molecule has 5 nitrogen and oxygen atoms in total. The number of amides is 1. The predicted octanol–water partition coefficient (Wildman–Crippen LogP) is 8.63. The third-order valence-electron chi connectivity index (χ3n) is 9.55. The second-order valence-electron chi connectivity index (χ2n) is 13.4. The molecule has 8 heteroatoms. The van der Waals surface area contributed by atoms with Crippen LogP contribution in [0.5, 0.6) is 0 Å². The third-order valence-corrected chi connectivity index (χ3v) is 10.1. The van der Waals surface area contributed by atoms with E-state index >= 15 is 4.39 Å². The minimum atomic E-state index is -1.37. The molecule has 0 aliphatic carbocycles. The molecule has 7 rings (SSSR count). The molecule has 6 atom stereocenters. The molecule has 230 valence electrons. The zero-order chi connectivity index (χ0) is 31.7. The van der Waals surface area contributed by atoms with Gasteiger partial charge in [0.05, 0.1) is 11.1 Å². The largest absolute Gasteiger partial charge is 0.454 e. The van der Waals surface area contributed by atoms with E-state index in [0.29, 0.717) is 22.7 Å². The average molecular weight is 644 g/mol. The van der Waals surface area contributed by atoms with Gasteiger partial charge < -0.3 is 10.1 Å². The lowest BCUT2D eigenvalue weighted by molar-refractivity contribution is -0.176. The number of carbonyl (C=O) groups excluding carboxylic acids is 2. The number of halogens is 3. The standard InChI is InChI=1S/C37H33Cl2FN2O3/c1-36(2,3)20-28-37(25-18-17-23(38)19-27(25)41-35(37)44)29(24-15-10-16-26(39)30(24)40)32-34(43)45-33(22-13-8-5-9-14-22)31(42(28)32)21-11-6-4-7-12-21/h4-19,28-29,31-33H,20H2,1-3H3,(H,41,44)/t28-,29-,31-,32-,33+,37-/m0/s1. The van der Waals surface area contributed by atoms with Gasteiger partial charge in [-0.2, -0.15) is 0 Å². The van der Waals surface area contributed by atoms with E-state index in [2.05, 4.69) is 31.0 Å². The molecule has 2 fully saturated rings. The molecule has 0 aromatic heterocycles. The third kappa shape index (κ3) is 4.68. The van der Waals surface area contributed by atoms with Gasteiger partial charge in [-0.15, -0.1) is 0 Å². The summed E-state index contributed by atoms with van der Waals surface area (Å²) >= 11 is 12.8. The van der Waals surface area contributed by atoms with Crippen molar-refractivity contribution in [3.8, 4) is 0 Å². The molecule has 0 radical (unpaired) electrons. The molecule has 4 aromatic carbocycles. The summed E-state index contributed by atoms with van der Waals surface area (Å²) in [6.07, 6.45) is -0.149. The van der Waals surface area contributed by atoms with E-state index in [1.807, 2.05) is 66.7 Å². The van der Waals surface area contributed by atoms with Crippen LogP contribution >= 0.6 is 23.2 Å². The van der Waals surface area contributed by atoms with Crippen LogP contribution in [-0.2, 0) is 19.7 Å². The van der Waals surface area contributed by atoms with Crippen LogP contribution in [-0.4, -0.2) is 28.9 Å². The topological polar surface area (TPSA) is 58.6 Å². The predicted molar refractivity (Wildman–Crippen MR) is 174 cm³/mol. The quantitative estimate of drug-likeness (QED) is 0.226. The number of rotatable bonds is 4. The Kier molecular flexibility index (Phi) is 7.31. The Morgan fingerprint density at radius 3 is 2.20 bits per heavy atom. The van der Waals surface area contributed by atoms with Crippen molar-refractivity contribution >= 4 is 40.8 Å². The molecule has 1 spiro atoms. The van der Waals surface area contributed by atoms with Crippen LogP contribution in [0.4, 0.5) is 10.1 Å². The zero-order valence-electron chi connectivity index (χ0n) is 25.1. The Balaban J connectivity index is 1.58. The lowest BCUT2D eigenvalue weighted by Gasteiger charge is -2.47. The Morgan fingerprint density at radius 2 is 1.53 bits per heavy atom. The first-order valence-electron chi connectivity index (χ1n) is 15.2. The molecule has 0 saturated carbocycles. The van der Waals surface area contributed by atoms with E-state index in [1.165, 1.54) is 6.07 Å². The molecular formula is C37H33Cl2FN2O3. The van der Waals surface area contributed by atoms with E-state index in [4.69, 9.17) is 27.9 Å². The summed E-state index contributed by atoms with van der Waals surface area (Å²) in [5.41, 5.74) is 1.55. The number of nitrogens with one attached hydrogen (secondary N) is 1. The lowest BCUT2D eigenvalue weighted by atomic mass is 9.62. The summed E-state index contributed by atoms with van der Waals surface area (Å²) in [6.45, 7) is 6.35. The SMILES string of the molecule is CC(C)(C)C[C@@H]1N2[C@H](C(=O)O[C@H](c3ccccc3)[C@@H]2c2ccccc2)[C@H](c2cccc(Cl)c2F)[C@@]12C(=O)Nc1cc(Cl)ccc12. The highest BCUT2D eigenvalue weighted by atomic mass is 35.5. The van der Waals surface area contributed by atoms with E-state index in [0.717, 1.165) is 11.1 Å². The first-order chi connectivity index (χ1) is 21.5. The van der Waals surface area contributed by atoms with Crippen LogP contribution in [0.1, 0.15) is 67.5 Å². The number of cyclic esters (lactones) is 1. The molecule has 4 aromatic rings. The fourth-order valence-electron chi connectivity index (χ4n) is 7.98. The van der Waals surface area contributed by atoms with E-state index in [9.17, 15) is 9.59 Å². The average Bonchev–Trinajstić information content (AvgIpc) is 3.46. The molecule has 1 N–H and O–H groups in total. The number of hydrogen-bond acceptors (Lipinski definition) is 4. The van der Waals surface area contributed by atoms with Crippen molar-refractivity contribution in [1.29, 1.82) is 0 Å². The number of benzene rings is 4. The molecule has 45 heavy (non-hydrogen) atoms. The van der Waals surface area contributed by atoms with Gasteiger partial charge in [0.1, 0.15) is 23.4 Å². The molecular weight excluding hydrogens is 610 g/mol. The van der Waals surface area contributed by atoms with Crippen molar-refractivity contribution in [1.82, 2.24) is 4.90 Å². The number of morpholine rings is 1. The number of carbonyl (C=O) groups is 2. The van der Waals surface area contributed by atoms with Crippen LogP contribution in [0.3, 0.4) is 0 Å². The summed E-state index contributed by atoms with van der Waals surface area (Å²) in [5.74, 6) is -2.42. The number of fused-ring (bicyclic) bond motifs is 3. The maximum absolute atomic E-state index is 16.3. The monoisotopic (exact) mass is 642 g/mol. The highest BCUT2D eigenvalue weighted by molar-refractivity contribution is 6.31. The minimum absolute atomic E-state index is 0.0749. The zero-order valence-corrected chi connectivity index (χ0v) is 26.6. The second-order valence-corrected chi connectivity index (χ2v) is 14.3. The van der Waals surface area contributed by atoms with E-state index in [1.54, 1.807) is 24.3 Å². The van der Waals surface area contributed by atoms with Gasteiger partial charge in [-0.1, -0.05) is 123 Å². The highest BCUT2D eigenvalue weighted by Gasteiger charge is 2.72. The fraction of sp³-hybridized carbons (Fsp3) is 0.297. The van der Waals surface area contributed by atoms with Crippen LogP contribution in [0.2, 0.25) is 10.0 Å². The van der Waals surface area contributed by atoms with Crippen LogP contribution in [0, 0.1) is 11.2 Å². The molecule has 0 bridgehead atoms. The van der Waals surface area contributed by atoms with Crippen LogP contribution < -0.4 is 5.32 Å². The second kappa shape index (κ2) is 11.0. The van der Waals surface area contributed by atoms with Gasteiger partial charge in [-0.25, -0.2) is 4.39 Å². The van der Waals surface area contributed by atoms with Crippen molar-refractivity contribution in [3.63, 3.8) is 0 Å².